The Bertz CT molecular complexity index is 642. The Morgan fingerprint density at radius 1 is 1.25 bits per heavy atom. The summed E-state index contributed by atoms with van der Waals surface area (Å²) in [5.74, 6) is 0.206. The van der Waals surface area contributed by atoms with Crippen LogP contribution in [0.3, 0.4) is 0 Å². The first kappa shape index (κ1) is 13.8. The standard InChI is InChI=1S/C14H15N3O3/c1-10-14(17(18)19)13(15-20-10)9-6-11-4-7-12(8-5-11)16(2)3/h4-9H,1-3H3. The predicted molar refractivity (Wildman–Crippen MR) is 77.6 cm³/mol. The second-order valence-corrected chi connectivity index (χ2v) is 4.55. The molecule has 0 amide bonds. The molecule has 20 heavy (non-hydrogen) atoms. The highest BCUT2D eigenvalue weighted by Crippen LogP contribution is 2.24. The topological polar surface area (TPSA) is 72.4 Å². The molecule has 1 aromatic carbocycles. The molecule has 1 aromatic heterocycles. The van der Waals surface area contributed by atoms with Crippen LogP contribution < -0.4 is 4.90 Å². The molecule has 2 rings (SSSR count). The van der Waals surface area contributed by atoms with E-state index in [1.54, 1.807) is 12.2 Å². The Labute approximate surface area is 116 Å². The molecule has 0 radical (unpaired) electrons. The summed E-state index contributed by atoms with van der Waals surface area (Å²) in [6.07, 6.45) is 3.35. The van der Waals surface area contributed by atoms with E-state index in [1.165, 1.54) is 6.92 Å². The molecule has 0 N–H and O–H groups in total. The molecule has 0 aliphatic rings. The number of benzene rings is 1. The number of aromatic nitrogens is 1. The smallest absolute Gasteiger partial charge is 0.338 e. The van der Waals surface area contributed by atoms with E-state index in [0.29, 0.717) is 0 Å². The van der Waals surface area contributed by atoms with Gasteiger partial charge in [0.05, 0.1) is 4.92 Å². The molecule has 0 bridgehead atoms. The maximum Gasteiger partial charge on any atom is 0.338 e. The van der Waals surface area contributed by atoms with Crippen LogP contribution in [0.15, 0.2) is 28.8 Å². The second kappa shape index (κ2) is 5.56. The molecule has 2 aromatic rings. The van der Waals surface area contributed by atoms with Gasteiger partial charge in [0.1, 0.15) is 0 Å². The molecule has 0 spiro atoms. The van der Waals surface area contributed by atoms with Gasteiger partial charge in [-0.05, 0) is 23.8 Å². The summed E-state index contributed by atoms with van der Waals surface area (Å²) in [6, 6.07) is 7.82. The number of anilines is 1. The quantitative estimate of drug-likeness (QED) is 0.632. The fraction of sp³-hybridized carbons (Fsp3) is 0.214. The van der Waals surface area contributed by atoms with Crippen molar-refractivity contribution in [3.63, 3.8) is 0 Å². The molecule has 0 unspecified atom stereocenters. The summed E-state index contributed by atoms with van der Waals surface area (Å²) in [5.41, 5.74) is 2.16. The Morgan fingerprint density at radius 3 is 2.45 bits per heavy atom. The zero-order valence-electron chi connectivity index (χ0n) is 11.5. The molecule has 1 heterocycles. The molecule has 6 heteroatoms. The Morgan fingerprint density at radius 2 is 1.90 bits per heavy atom. The summed E-state index contributed by atoms with van der Waals surface area (Å²) in [5, 5.41) is 14.6. The van der Waals surface area contributed by atoms with Gasteiger partial charge >= 0.3 is 5.69 Å². The third-order valence-corrected chi connectivity index (χ3v) is 2.88. The Balaban J connectivity index is 2.23. The lowest BCUT2D eigenvalue weighted by Gasteiger charge is -2.11. The molecule has 0 fully saturated rings. The van der Waals surface area contributed by atoms with Gasteiger partial charge in [-0.2, -0.15) is 0 Å². The summed E-state index contributed by atoms with van der Waals surface area (Å²) in [6.45, 7) is 1.52. The minimum Gasteiger partial charge on any atom is -0.378 e. The number of hydrogen-bond donors (Lipinski definition) is 0. The zero-order chi connectivity index (χ0) is 14.7. The van der Waals surface area contributed by atoms with Crippen molar-refractivity contribution in [3.05, 3.63) is 51.4 Å². The normalized spacial score (nSPS) is 10.9. The van der Waals surface area contributed by atoms with Crippen LogP contribution in [0.4, 0.5) is 11.4 Å². The first-order valence-electron chi connectivity index (χ1n) is 6.05. The highest BCUT2D eigenvalue weighted by molar-refractivity contribution is 5.73. The van der Waals surface area contributed by atoms with Crippen LogP contribution in [-0.2, 0) is 0 Å². The molecule has 0 atom stereocenters. The maximum atomic E-state index is 10.9. The van der Waals surface area contributed by atoms with Gasteiger partial charge in [-0.15, -0.1) is 0 Å². The van der Waals surface area contributed by atoms with Crippen LogP contribution in [0.1, 0.15) is 17.0 Å². The van der Waals surface area contributed by atoms with Crippen molar-refractivity contribution < 1.29 is 9.45 Å². The van der Waals surface area contributed by atoms with E-state index in [0.717, 1.165) is 11.3 Å². The van der Waals surface area contributed by atoms with Gasteiger partial charge in [-0.3, -0.25) is 10.1 Å². The van der Waals surface area contributed by atoms with Crippen LogP contribution in [0.25, 0.3) is 12.2 Å². The minimum atomic E-state index is -0.485. The Kier molecular flexibility index (Phi) is 3.84. The van der Waals surface area contributed by atoms with Crippen molar-refractivity contribution in [2.75, 3.05) is 19.0 Å². The number of aryl methyl sites for hydroxylation is 1. The van der Waals surface area contributed by atoms with E-state index in [-0.39, 0.29) is 17.1 Å². The first-order valence-corrected chi connectivity index (χ1v) is 6.05. The molecular formula is C14H15N3O3. The van der Waals surface area contributed by atoms with Gasteiger partial charge in [0, 0.05) is 26.7 Å². The molecule has 6 nitrogen and oxygen atoms in total. The number of rotatable bonds is 4. The third-order valence-electron chi connectivity index (χ3n) is 2.88. The van der Waals surface area contributed by atoms with E-state index >= 15 is 0 Å². The molecule has 0 aliphatic heterocycles. The summed E-state index contributed by atoms with van der Waals surface area (Å²) < 4.78 is 4.85. The van der Waals surface area contributed by atoms with Crippen molar-refractivity contribution in [1.29, 1.82) is 0 Å². The van der Waals surface area contributed by atoms with E-state index < -0.39 is 4.92 Å². The van der Waals surface area contributed by atoms with Gasteiger partial charge in [0.15, 0.2) is 5.69 Å². The van der Waals surface area contributed by atoms with Crippen LogP contribution in [-0.4, -0.2) is 24.2 Å². The van der Waals surface area contributed by atoms with Crippen molar-refractivity contribution in [1.82, 2.24) is 5.16 Å². The van der Waals surface area contributed by atoms with Gasteiger partial charge in [0.25, 0.3) is 0 Å². The lowest BCUT2D eigenvalue weighted by Crippen LogP contribution is -2.07. The van der Waals surface area contributed by atoms with Gasteiger partial charge in [-0.25, -0.2) is 0 Å². The fourth-order valence-corrected chi connectivity index (χ4v) is 1.77. The van der Waals surface area contributed by atoms with Crippen LogP contribution in [0, 0.1) is 17.0 Å². The molecular weight excluding hydrogens is 258 g/mol. The van der Waals surface area contributed by atoms with E-state index in [9.17, 15) is 10.1 Å². The lowest BCUT2D eigenvalue weighted by atomic mass is 10.1. The Hall–Kier alpha value is -2.63. The van der Waals surface area contributed by atoms with Crippen LogP contribution >= 0.6 is 0 Å². The van der Waals surface area contributed by atoms with Gasteiger partial charge < -0.3 is 9.42 Å². The maximum absolute atomic E-state index is 10.9. The molecule has 0 saturated carbocycles. The number of hydrogen-bond acceptors (Lipinski definition) is 5. The molecule has 0 aliphatic carbocycles. The van der Waals surface area contributed by atoms with Crippen molar-refractivity contribution in [3.8, 4) is 0 Å². The number of nitrogens with zero attached hydrogens (tertiary/aromatic N) is 3. The van der Waals surface area contributed by atoms with Crippen molar-refractivity contribution in [2.45, 2.75) is 6.92 Å². The SMILES string of the molecule is Cc1onc(C=Cc2ccc(N(C)C)cc2)c1[N+](=O)[O-]. The van der Waals surface area contributed by atoms with Crippen molar-refractivity contribution >= 4 is 23.5 Å². The van der Waals surface area contributed by atoms with Crippen LogP contribution in [0.2, 0.25) is 0 Å². The fourth-order valence-electron chi connectivity index (χ4n) is 1.77. The largest absolute Gasteiger partial charge is 0.378 e. The average molecular weight is 273 g/mol. The lowest BCUT2D eigenvalue weighted by molar-refractivity contribution is -0.386. The first-order chi connectivity index (χ1) is 9.49. The van der Waals surface area contributed by atoms with Gasteiger partial charge in [0.2, 0.25) is 5.76 Å². The van der Waals surface area contributed by atoms with Crippen molar-refractivity contribution in [2.24, 2.45) is 0 Å². The van der Waals surface area contributed by atoms with E-state index in [2.05, 4.69) is 5.16 Å². The summed E-state index contributed by atoms with van der Waals surface area (Å²) >= 11 is 0. The van der Waals surface area contributed by atoms with Crippen LogP contribution in [0.5, 0.6) is 0 Å². The molecule has 104 valence electrons. The third kappa shape index (κ3) is 2.85. The predicted octanol–water partition coefficient (Wildman–Crippen LogP) is 3.13. The second-order valence-electron chi connectivity index (χ2n) is 4.55. The number of nitro groups is 1. The monoisotopic (exact) mass is 273 g/mol. The summed E-state index contributed by atoms with van der Waals surface area (Å²) in [4.78, 5) is 12.4. The molecule has 0 saturated heterocycles. The zero-order valence-corrected chi connectivity index (χ0v) is 11.5. The average Bonchev–Trinajstić information content (AvgIpc) is 2.78. The highest BCUT2D eigenvalue weighted by atomic mass is 16.6. The summed E-state index contributed by atoms with van der Waals surface area (Å²) in [7, 11) is 3.93. The van der Waals surface area contributed by atoms with Gasteiger partial charge in [-0.1, -0.05) is 23.4 Å². The minimum absolute atomic E-state index is 0.0915. The van der Waals surface area contributed by atoms with E-state index in [1.807, 2.05) is 43.3 Å². The highest BCUT2D eigenvalue weighted by Gasteiger charge is 2.21. The van der Waals surface area contributed by atoms with E-state index in [4.69, 9.17) is 4.52 Å².